The van der Waals surface area contributed by atoms with E-state index >= 15 is 0 Å². The fraction of sp³-hybridized carbons (Fsp3) is 0.625. The summed E-state index contributed by atoms with van der Waals surface area (Å²) >= 11 is 0. The maximum Gasteiger partial charge on any atom is 0.325 e. The normalized spacial score (nSPS) is 21.1. The van der Waals surface area contributed by atoms with Gasteiger partial charge in [0, 0.05) is 13.0 Å². The van der Waals surface area contributed by atoms with Crippen molar-refractivity contribution in [3.8, 4) is 0 Å². The molecule has 0 aromatic rings. The van der Waals surface area contributed by atoms with E-state index in [0.29, 0.717) is 0 Å². The summed E-state index contributed by atoms with van der Waals surface area (Å²) in [6.07, 6.45) is -0.0354. The van der Waals surface area contributed by atoms with Gasteiger partial charge in [0.2, 0.25) is 5.91 Å². The van der Waals surface area contributed by atoms with Crippen LogP contribution in [-0.4, -0.2) is 48.1 Å². The number of hydrogen-bond donors (Lipinski definition) is 1. The molecule has 1 atom stereocenters. The zero-order chi connectivity index (χ0) is 10.7. The largest absolute Gasteiger partial charge is 0.481 e. The van der Waals surface area contributed by atoms with Gasteiger partial charge in [-0.15, -0.1) is 0 Å². The fourth-order valence-electron chi connectivity index (χ4n) is 1.31. The molecule has 1 aliphatic heterocycles. The first-order valence-corrected chi connectivity index (χ1v) is 4.12. The Hall–Kier alpha value is -1.59. The minimum absolute atomic E-state index is 0.0354. The SMILES string of the molecule is COC(=O)CN1CC(C(=O)O)CC1=O. The second-order valence-corrected chi connectivity index (χ2v) is 3.09. The van der Waals surface area contributed by atoms with E-state index in [2.05, 4.69) is 4.74 Å². The number of carbonyl (C=O) groups excluding carboxylic acids is 2. The molecule has 0 aromatic heterocycles. The Morgan fingerprint density at radius 1 is 1.64 bits per heavy atom. The number of nitrogens with zero attached hydrogens (tertiary/aromatic N) is 1. The van der Waals surface area contributed by atoms with Gasteiger partial charge in [-0.2, -0.15) is 0 Å². The van der Waals surface area contributed by atoms with Crippen LogP contribution < -0.4 is 0 Å². The van der Waals surface area contributed by atoms with Gasteiger partial charge in [-0.25, -0.2) is 0 Å². The van der Waals surface area contributed by atoms with Crippen molar-refractivity contribution < 1.29 is 24.2 Å². The van der Waals surface area contributed by atoms with Gasteiger partial charge in [0.15, 0.2) is 0 Å². The molecule has 1 heterocycles. The van der Waals surface area contributed by atoms with Crippen molar-refractivity contribution in [3.63, 3.8) is 0 Å². The molecule has 6 heteroatoms. The Morgan fingerprint density at radius 2 is 2.29 bits per heavy atom. The molecule has 1 fully saturated rings. The third-order valence-electron chi connectivity index (χ3n) is 2.11. The van der Waals surface area contributed by atoms with Crippen LogP contribution >= 0.6 is 0 Å². The standard InChI is InChI=1S/C8H11NO5/c1-14-7(11)4-9-3-5(8(12)13)2-6(9)10/h5H,2-4H2,1H3,(H,12,13). The Labute approximate surface area is 80.4 Å². The van der Waals surface area contributed by atoms with Crippen molar-refractivity contribution >= 4 is 17.8 Å². The number of rotatable bonds is 3. The third kappa shape index (κ3) is 2.21. The third-order valence-corrected chi connectivity index (χ3v) is 2.11. The summed E-state index contributed by atoms with van der Waals surface area (Å²) in [5, 5.41) is 8.65. The summed E-state index contributed by atoms with van der Waals surface area (Å²) in [6.45, 7) is -0.0810. The summed E-state index contributed by atoms with van der Waals surface area (Å²) in [5.74, 6) is -2.56. The Morgan fingerprint density at radius 3 is 2.71 bits per heavy atom. The average molecular weight is 201 g/mol. The minimum atomic E-state index is -1.01. The van der Waals surface area contributed by atoms with Crippen molar-refractivity contribution in [2.75, 3.05) is 20.2 Å². The molecule has 0 aromatic carbocycles. The summed E-state index contributed by atoms with van der Waals surface area (Å²) in [6, 6.07) is 0. The highest BCUT2D eigenvalue weighted by Crippen LogP contribution is 2.17. The van der Waals surface area contributed by atoms with Crippen LogP contribution in [0.25, 0.3) is 0 Å². The second-order valence-electron chi connectivity index (χ2n) is 3.09. The van der Waals surface area contributed by atoms with Crippen molar-refractivity contribution in [1.29, 1.82) is 0 Å². The molecule has 1 N–H and O–H groups in total. The lowest BCUT2D eigenvalue weighted by Gasteiger charge is -2.13. The number of carbonyl (C=O) groups is 3. The van der Waals surface area contributed by atoms with Crippen LogP contribution in [0, 0.1) is 5.92 Å². The van der Waals surface area contributed by atoms with E-state index in [-0.39, 0.29) is 25.4 Å². The number of likely N-dealkylation sites (tertiary alicyclic amines) is 1. The highest BCUT2D eigenvalue weighted by molar-refractivity contribution is 5.88. The molecule has 14 heavy (non-hydrogen) atoms. The molecule has 1 unspecified atom stereocenters. The maximum absolute atomic E-state index is 11.2. The van der Waals surface area contributed by atoms with Gasteiger partial charge >= 0.3 is 11.9 Å². The molecule has 0 bridgehead atoms. The fourth-order valence-corrected chi connectivity index (χ4v) is 1.31. The molecule has 1 aliphatic rings. The van der Waals surface area contributed by atoms with E-state index in [1.165, 1.54) is 12.0 Å². The molecule has 6 nitrogen and oxygen atoms in total. The first kappa shape index (κ1) is 10.5. The number of aliphatic carboxylic acids is 1. The van der Waals surface area contributed by atoms with Crippen molar-refractivity contribution in [2.24, 2.45) is 5.92 Å². The van der Waals surface area contributed by atoms with E-state index in [0.717, 1.165) is 0 Å². The Kier molecular flexibility index (Phi) is 3.06. The van der Waals surface area contributed by atoms with E-state index in [4.69, 9.17) is 5.11 Å². The van der Waals surface area contributed by atoms with Gasteiger partial charge in [0.05, 0.1) is 13.0 Å². The minimum Gasteiger partial charge on any atom is -0.481 e. The van der Waals surface area contributed by atoms with Crippen LogP contribution in [0.2, 0.25) is 0 Å². The summed E-state index contributed by atoms with van der Waals surface area (Å²) in [5.41, 5.74) is 0. The number of amides is 1. The highest BCUT2D eigenvalue weighted by Gasteiger charge is 2.35. The van der Waals surface area contributed by atoms with Crippen LogP contribution in [-0.2, 0) is 19.1 Å². The van der Waals surface area contributed by atoms with Gasteiger partial charge in [-0.05, 0) is 0 Å². The molecule has 78 valence electrons. The number of esters is 1. The van der Waals surface area contributed by atoms with Gasteiger partial charge in [0.25, 0.3) is 0 Å². The second kappa shape index (κ2) is 4.08. The topological polar surface area (TPSA) is 83.9 Å². The number of ether oxygens (including phenoxy) is 1. The number of carboxylic acids is 1. The van der Waals surface area contributed by atoms with Crippen LogP contribution in [0.4, 0.5) is 0 Å². The van der Waals surface area contributed by atoms with Crippen molar-refractivity contribution in [3.05, 3.63) is 0 Å². The quantitative estimate of drug-likeness (QED) is 0.598. The van der Waals surface area contributed by atoms with E-state index in [1.807, 2.05) is 0 Å². The first-order valence-electron chi connectivity index (χ1n) is 4.12. The lowest BCUT2D eigenvalue weighted by molar-refractivity contribution is -0.145. The molecule has 0 aliphatic carbocycles. The molecule has 0 radical (unpaired) electrons. The Balaban J connectivity index is 2.53. The van der Waals surface area contributed by atoms with E-state index in [1.54, 1.807) is 0 Å². The summed E-state index contributed by atoms with van der Waals surface area (Å²) in [4.78, 5) is 33.8. The van der Waals surface area contributed by atoms with Gasteiger partial charge < -0.3 is 14.7 Å². The zero-order valence-corrected chi connectivity index (χ0v) is 7.73. The van der Waals surface area contributed by atoms with Crippen LogP contribution in [0.15, 0.2) is 0 Å². The number of carboxylic acid groups (broad SMARTS) is 1. The molecule has 1 saturated heterocycles. The van der Waals surface area contributed by atoms with Crippen molar-refractivity contribution in [2.45, 2.75) is 6.42 Å². The monoisotopic (exact) mass is 201 g/mol. The van der Waals surface area contributed by atoms with Gasteiger partial charge in [-0.1, -0.05) is 0 Å². The predicted molar refractivity (Wildman–Crippen MR) is 44.3 cm³/mol. The first-order chi connectivity index (χ1) is 6.54. The van der Waals surface area contributed by atoms with Gasteiger partial charge in [0.1, 0.15) is 6.54 Å². The molecule has 1 rings (SSSR count). The lowest BCUT2D eigenvalue weighted by Crippen LogP contribution is -2.32. The molecule has 0 spiro atoms. The molecular formula is C8H11NO5. The molecular weight excluding hydrogens is 190 g/mol. The lowest BCUT2D eigenvalue weighted by atomic mass is 10.1. The van der Waals surface area contributed by atoms with Crippen LogP contribution in [0.3, 0.4) is 0 Å². The van der Waals surface area contributed by atoms with Gasteiger partial charge in [-0.3, -0.25) is 14.4 Å². The van der Waals surface area contributed by atoms with E-state index in [9.17, 15) is 14.4 Å². The molecule has 0 saturated carbocycles. The highest BCUT2D eigenvalue weighted by atomic mass is 16.5. The zero-order valence-electron chi connectivity index (χ0n) is 7.73. The molecule has 1 amide bonds. The number of methoxy groups -OCH3 is 1. The smallest absolute Gasteiger partial charge is 0.325 e. The van der Waals surface area contributed by atoms with E-state index < -0.39 is 17.9 Å². The predicted octanol–water partition coefficient (Wildman–Crippen LogP) is -0.908. The average Bonchev–Trinajstić information content (AvgIpc) is 2.48. The summed E-state index contributed by atoms with van der Waals surface area (Å²) in [7, 11) is 1.22. The maximum atomic E-state index is 11.2. The number of hydrogen-bond acceptors (Lipinski definition) is 4. The van der Waals surface area contributed by atoms with Crippen LogP contribution in [0.5, 0.6) is 0 Å². The van der Waals surface area contributed by atoms with Crippen molar-refractivity contribution in [1.82, 2.24) is 4.90 Å². The summed E-state index contributed by atoms with van der Waals surface area (Å²) < 4.78 is 4.38. The Bertz CT molecular complexity index is 275. The van der Waals surface area contributed by atoms with Crippen LogP contribution in [0.1, 0.15) is 6.42 Å².